The van der Waals surface area contributed by atoms with Crippen molar-refractivity contribution in [1.29, 1.82) is 0 Å². The number of carbonyl (C=O) groups is 1. The fourth-order valence-corrected chi connectivity index (χ4v) is 4.85. The van der Waals surface area contributed by atoms with E-state index in [9.17, 15) is 9.18 Å². The first-order valence-corrected chi connectivity index (χ1v) is 9.67. The lowest BCUT2D eigenvalue weighted by atomic mass is 9.61. The van der Waals surface area contributed by atoms with Crippen LogP contribution in [0.3, 0.4) is 0 Å². The van der Waals surface area contributed by atoms with Crippen LogP contribution in [0.5, 0.6) is 0 Å². The Morgan fingerprint density at radius 3 is 2.74 bits per heavy atom. The van der Waals surface area contributed by atoms with Gasteiger partial charge in [0.1, 0.15) is 5.82 Å². The lowest BCUT2D eigenvalue weighted by Crippen LogP contribution is -2.53. The molecule has 3 aromatic rings. The van der Waals surface area contributed by atoms with Crippen LogP contribution < -0.4 is 10.2 Å². The van der Waals surface area contributed by atoms with Crippen LogP contribution in [-0.4, -0.2) is 24.0 Å². The summed E-state index contributed by atoms with van der Waals surface area (Å²) in [5.41, 5.74) is 2.88. The maximum Gasteiger partial charge on any atom is 0.237 e. The van der Waals surface area contributed by atoms with Gasteiger partial charge in [-0.2, -0.15) is 0 Å². The Morgan fingerprint density at radius 1 is 1.26 bits per heavy atom. The number of halogens is 2. The van der Waals surface area contributed by atoms with Crippen molar-refractivity contribution in [3.63, 3.8) is 0 Å². The average molecular weight is 426 g/mol. The maximum atomic E-state index is 14.0. The van der Waals surface area contributed by atoms with Gasteiger partial charge in [0, 0.05) is 35.8 Å². The monoisotopic (exact) mass is 425 g/mol. The first-order chi connectivity index (χ1) is 13.0. The Kier molecular flexibility index (Phi) is 3.56. The zero-order valence-electron chi connectivity index (χ0n) is 14.7. The molecule has 1 fully saturated rings. The van der Waals surface area contributed by atoms with Crippen molar-refractivity contribution in [2.45, 2.75) is 24.3 Å². The summed E-state index contributed by atoms with van der Waals surface area (Å²) in [4.78, 5) is 19.2. The Morgan fingerprint density at radius 2 is 2.00 bits per heavy atom. The highest BCUT2D eigenvalue weighted by Crippen LogP contribution is 2.55. The normalized spacial score (nSPS) is 23.6. The Balaban J connectivity index is 1.57. The maximum absolute atomic E-state index is 14.0. The number of nitrogens with zero attached hydrogens (tertiary/aromatic N) is 2. The SMILES string of the molecule is CN1C(=O)C2(CC(Nc3ccccc3)C2)c2c1cnc1cc(F)c(Br)cc21. The molecule has 0 saturated heterocycles. The summed E-state index contributed by atoms with van der Waals surface area (Å²) in [5, 5.41) is 4.35. The third-order valence-corrected chi connectivity index (χ3v) is 6.39. The Labute approximate surface area is 164 Å². The van der Waals surface area contributed by atoms with Gasteiger partial charge in [-0.25, -0.2) is 4.39 Å². The van der Waals surface area contributed by atoms with Crippen LogP contribution in [0.25, 0.3) is 10.9 Å². The van der Waals surface area contributed by atoms with Crippen molar-refractivity contribution in [3.8, 4) is 0 Å². The minimum absolute atomic E-state index is 0.0957. The number of nitrogens with one attached hydrogen (secondary N) is 1. The van der Waals surface area contributed by atoms with Gasteiger partial charge < -0.3 is 10.2 Å². The molecule has 0 unspecified atom stereocenters. The topological polar surface area (TPSA) is 45.2 Å². The van der Waals surface area contributed by atoms with E-state index >= 15 is 0 Å². The van der Waals surface area contributed by atoms with E-state index in [1.54, 1.807) is 24.2 Å². The molecule has 1 aliphatic heterocycles. The number of carbonyl (C=O) groups excluding carboxylic acids is 1. The summed E-state index contributed by atoms with van der Waals surface area (Å²) in [6.07, 6.45) is 3.12. The van der Waals surface area contributed by atoms with Crippen LogP contribution in [0.2, 0.25) is 0 Å². The van der Waals surface area contributed by atoms with Gasteiger partial charge in [0.05, 0.1) is 27.3 Å². The second-order valence-corrected chi connectivity index (χ2v) is 8.22. The molecule has 4 nitrogen and oxygen atoms in total. The highest BCUT2D eigenvalue weighted by atomic mass is 79.9. The quantitative estimate of drug-likeness (QED) is 0.650. The van der Waals surface area contributed by atoms with Crippen LogP contribution in [0.4, 0.5) is 15.8 Å². The van der Waals surface area contributed by atoms with Gasteiger partial charge in [0.15, 0.2) is 0 Å². The van der Waals surface area contributed by atoms with Gasteiger partial charge in [-0.3, -0.25) is 9.78 Å². The molecule has 6 heteroatoms. The Hall–Kier alpha value is -2.47. The number of benzene rings is 2. The molecule has 0 bridgehead atoms. The van der Waals surface area contributed by atoms with Crippen molar-refractivity contribution in [2.24, 2.45) is 0 Å². The molecule has 1 spiro atoms. The van der Waals surface area contributed by atoms with E-state index in [1.165, 1.54) is 6.07 Å². The van der Waals surface area contributed by atoms with E-state index in [2.05, 4.69) is 26.2 Å². The van der Waals surface area contributed by atoms with Crippen LogP contribution in [-0.2, 0) is 10.2 Å². The summed E-state index contributed by atoms with van der Waals surface area (Å²) < 4.78 is 14.4. The third-order valence-electron chi connectivity index (χ3n) is 5.78. The van der Waals surface area contributed by atoms with Crippen molar-refractivity contribution in [2.75, 3.05) is 17.3 Å². The zero-order chi connectivity index (χ0) is 18.8. The molecule has 1 saturated carbocycles. The number of amides is 1. The third kappa shape index (κ3) is 2.32. The van der Waals surface area contributed by atoms with Gasteiger partial charge in [-0.15, -0.1) is 0 Å². The predicted octanol–water partition coefficient (Wildman–Crippen LogP) is 4.63. The minimum Gasteiger partial charge on any atom is -0.382 e. The molecule has 0 atom stereocenters. The summed E-state index contributed by atoms with van der Waals surface area (Å²) >= 11 is 3.27. The lowest BCUT2D eigenvalue weighted by Gasteiger charge is -2.45. The highest BCUT2D eigenvalue weighted by molar-refractivity contribution is 9.10. The smallest absolute Gasteiger partial charge is 0.237 e. The number of likely N-dealkylation sites (N-methyl/N-ethyl adjacent to an activating group) is 1. The van der Waals surface area contributed by atoms with Gasteiger partial charge in [-0.1, -0.05) is 18.2 Å². The molecular formula is C21H17BrFN3O. The molecule has 1 N–H and O–H groups in total. The van der Waals surface area contributed by atoms with Crippen molar-refractivity contribution >= 4 is 44.1 Å². The molecule has 2 heterocycles. The average Bonchev–Trinajstić information content (AvgIpc) is 2.86. The standard InChI is InChI=1S/C21H17BrFN3O/c1-26-18-11-24-17-8-16(23)15(22)7-14(17)19(18)21(20(26)27)9-13(10-21)25-12-5-3-2-4-6-12/h2-8,11,13,25H,9-10H2,1H3. The molecule has 1 aromatic heterocycles. The van der Waals surface area contributed by atoms with Crippen molar-refractivity contribution in [3.05, 3.63) is 64.5 Å². The molecule has 1 amide bonds. The van der Waals surface area contributed by atoms with Crippen molar-refractivity contribution < 1.29 is 9.18 Å². The van der Waals surface area contributed by atoms with Gasteiger partial charge in [-0.05, 0) is 47.0 Å². The van der Waals surface area contributed by atoms with E-state index in [-0.39, 0.29) is 17.8 Å². The van der Waals surface area contributed by atoms with Crippen LogP contribution in [0.15, 0.2) is 53.1 Å². The zero-order valence-corrected chi connectivity index (χ0v) is 16.3. The van der Waals surface area contributed by atoms with Gasteiger partial charge in [0.2, 0.25) is 5.91 Å². The number of hydrogen-bond donors (Lipinski definition) is 1. The molecule has 1 aliphatic carbocycles. The van der Waals surface area contributed by atoms with Gasteiger partial charge in [0.25, 0.3) is 0 Å². The van der Waals surface area contributed by atoms with E-state index in [0.29, 0.717) is 22.8 Å². The lowest BCUT2D eigenvalue weighted by molar-refractivity contribution is -0.126. The van der Waals surface area contributed by atoms with Crippen molar-refractivity contribution in [1.82, 2.24) is 4.98 Å². The number of aromatic nitrogens is 1. The molecular weight excluding hydrogens is 409 g/mol. The van der Waals surface area contributed by atoms with Gasteiger partial charge >= 0.3 is 0 Å². The second-order valence-electron chi connectivity index (χ2n) is 7.36. The fourth-order valence-electron chi connectivity index (χ4n) is 4.50. The first kappa shape index (κ1) is 16.7. The molecule has 2 aromatic carbocycles. The van der Waals surface area contributed by atoms with Crippen LogP contribution >= 0.6 is 15.9 Å². The minimum atomic E-state index is -0.561. The number of anilines is 2. The number of para-hydroxylation sites is 1. The molecule has 2 aliphatic rings. The molecule has 0 radical (unpaired) electrons. The number of fused-ring (bicyclic) bond motifs is 4. The number of rotatable bonds is 2. The number of hydrogen-bond acceptors (Lipinski definition) is 3. The van der Waals surface area contributed by atoms with Crippen LogP contribution in [0, 0.1) is 5.82 Å². The highest BCUT2D eigenvalue weighted by Gasteiger charge is 2.58. The molecule has 136 valence electrons. The summed E-state index contributed by atoms with van der Waals surface area (Å²) in [5.74, 6) is -0.253. The van der Waals surface area contributed by atoms with E-state index < -0.39 is 5.41 Å². The summed E-state index contributed by atoms with van der Waals surface area (Å²) in [7, 11) is 1.79. The second kappa shape index (κ2) is 5.76. The fraction of sp³-hybridized carbons (Fsp3) is 0.238. The number of pyridine rings is 1. The van der Waals surface area contributed by atoms with Crippen LogP contribution in [0.1, 0.15) is 18.4 Å². The van der Waals surface area contributed by atoms with E-state index in [1.807, 2.05) is 30.3 Å². The molecule has 27 heavy (non-hydrogen) atoms. The molecule has 5 rings (SSSR count). The Bertz CT molecular complexity index is 1080. The summed E-state index contributed by atoms with van der Waals surface area (Å²) in [6, 6.07) is 13.4. The summed E-state index contributed by atoms with van der Waals surface area (Å²) in [6.45, 7) is 0. The van der Waals surface area contributed by atoms with E-state index in [0.717, 1.165) is 22.3 Å². The largest absolute Gasteiger partial charge is 0.382 e. The predicted molar refractivity (Wildman–Crippen MR) is 108 cm³/mol. The first-order valence-electron chi connectivity index (χ1n) is 8.87. The van der Waals surface area contributed by atoms with E-state index in [4.69, 9.17) is 0 Å².